The van der Waals surface area contributed by atoms with Crippen LogP contribution in [0, 0.1) is 24.7 Å². The van der Waals surface area contributed by atoms with Crippen LogP contribution in [0.4, 0.5) is 0 Å². The van der Waals surface area contributed by atoms with Crippen LogP contribution in [-0.4, -0.2) is 49.1 Å². The predicted molar refractivity (Wildman–Crippen MR) is 171 cm³/mol. The number of aromatic nitrogens is 3. The molecule has 0 radical (unpaired) electrons. The summed E-state index contributed by atoms with van der Waals surface area (Å²) < 4.78 is 20.5. The van der Waals surface area contributed by atoms with Gasteiger partial charge in [0.25, 0.3) is 5.56 Å². The smallest absolute Gasteiger partial charge is 0.333 e. The summed E-state index contributed by atoms with van der Waals surface area (Å²) in [6.45, 7) is 4.45. The van der Waals surface area contributed by atoms with E-state index < -0.39 is 34.5 Å². The van der Waals surface area contributed by atoms with Crippen molar-refractivity contribution in [2.45, 2.75) is 89.2 Å². The summed E-state index contributed by atoms with van der Waals surface area (Å²) in [6, 6.07) is 7.50. The lowest BCUT2D eigenvalue weighted by Gasteiger charge is -2.28. The second-order valence-electron chi connectivity index (χ2n) is 13.7. The first-order valence-electron chi connectivity index (χ1n) is 15.9. The number of carboxylic acids is 1. The van der Waals surface area contributed by atoms with Gasteiger partial charge < -0.3 is 24.1 Å². The molecule has 5 atom stereocenters. The summed E-state index contributed by atoms with van der Waals surface area (Å²) >= 11 is 1.21. The number of aliphatic carboxylic acids is 1. The molecule has 7 rings (SSSR count). The standard InChI is InChI=1S/C34H39N3O8S/c1-18-26-29(38)37(33(2,3)31(39)40)32(41)36(30(26)46-27(18)28-35-11-12-44-28)17-25(23-7-5-6-8-24(23)43-4)45-22-13-19-15-34(42,21-9-10-21)16-20(19)14-22/h5-8,11-12,19-22,25,42H,9-10,13-17H2,1-4H3,(H,39,40)/t19-,20+,22-,25?,34?. The van der Waals surface area contributed by atoms with Crippen LogP contribution >= 0.6 is 11.3 Å². The van der Waals surface area contributed by atoms with Crippen LogP contribution in [0.3, 0.4) is 0 Å². The summed E-state index contributed by atoms with van der Waals surface area (Å²) in [4.78, 5) is 46.0. The van der Waals surface area contributed by atoms with Crippen molar-refractivity contribution >= 4 is 27.5 Å². The molecule has 0 spiro atoms. The Bertz CT molecular complexity index is 1900. The number of para-hydroxylation sites is 1. The minimum absolute atomic E-state index is 0.00844. The molecule has 46 heavy (non-hydrogen) atoms. The van der Waals surface area contributed by atoms with E-state index in [1.54, 1.807) is 14.0 Å². The van der Waals surface area contributed by atoms with E-state index in [-0.39, 0.29) is 18.0 Å². The van der Waals surface area contributed by atoms with Gasteiger partial charge in [0.15, 0.2) is 0 Å². The van der Waals surface area contributed by atoms with Crippen molar-refractivity contribution in [1.82, 2.24) is 14.1 Å². The highest BCUT2D eigenvalue weighted by Crippen LogP contribution is 2.57. The molecular weight excluding hydrogens is 610 g/mol. The lowest BCUT2D eigenvalue weighted by atomic mass is 9.92. The van der Waals surface area contributed by atoms with Crippen molar-refractivity contribution in [2.24, 2.45) is 17.8 Å². The van der Waals surface area contributed by atoms with Crippen molar-refractivity contribution in [3.63, 3.8) is 0 Å². The minimum atomic E-state index is -1.83. The number of hydrogen-bond donors (Lipinski definition) is 2. The van der Waals surface area contributed by atoms with Gasteiger partial charge in [0.1, 0.15) is 28.5 Å². The van der Waals surface area contributed by atoms with Crippen LogP contribution in [0.2, 0.25) is 0 Å². The fraction of sp³-hybridized carbons (Fsp3) is 0.529. The summed E-state index contributed by atoms with van der Waals surface area (Å²) in [7, 11) is 1.58. The Morgan fingerprint density at radius 2 is 1.89 bits per heavy atom. The van der Waals surface area contributed by atoms with Gasteiger partial charge >= 0.3 is 11.7 Å². The van der Waals surface area contributed by atoms with E-state index in [0.717, 1.165) is 48.7 Å². The molecule has 0 saturated heterocycles. The van der Waals surface area contributed by atoms with E-state index in [4.69, 9.17) is 13.9 Å². The Labute approximate surface area is 269 Å². The molecule has 3 aromatic heterocycles. The molecule has 3 saturated carbocycles. The van der Waals surface area contributed by atoms with Gasteiger partial charge in [-0.2, -0.15) is 0 Å². The quantitative estimate of drug-likeness (QED) is 0.240. The second-order valence-corrected chi connectivity index (χ2v) is 14.7. The first kappa shape index (κ1) is 30.9. The number of aliphatic hydroxyl groups is 1. The lowest BCUT2D eigenvalue weighted by molar-refractivity contribution is -0.146. The number of thiophene rings is 1. The number of methoxy groups -OCH3 is 1. The molecule has 0 aliphatic heterocycles. The van der Waals surface area contributed by atoms with Gasteiger partial charge in [0.05, 0.1) is 41.8 Å². The summed E-state index contributed by atoms with van der Waals surface area (Å²) in [5.41, 5.74) is -2.51. The Kier molecular flexibility index (Phi) is 7.52. The minimum Gasteiger partial charge on any atom is -0.496 e. The van der Waals surface area contributed by atoms with Gasteiger partial charge in [-0.25, -0.2) is 19.1 Å². The normalized spacial score (nSPS) is 25.2. The number of hydrogen-bond acceptors (Lipinski definition) is 9. The lowest BCUT2D eigenvalue weighted by Crippen LogP contribution is -2.52. The van der Waals surface area contributed by atoms with Gasteiger partial charge in [-0.05, 0) is 88.7 Å². The molecular formula is C34H39N3O8S. The zero-order valence-corrected chi connectivity index (χ0v) is 27.2. The average Bonchev–Trinajstić information content (AvgIpc) is 3.29. The maximum Gasteiger partial charge on any atom is 0.333 e. The number of ether oxygens (including phenoxy) is 2. The third-order valence-corrected chi connectivity index (χ3v) is 11.8. The molecule has 3 fully saturated rings. The summed E-state index contributed by atoms with van der Waals surface area (Å²) in [6.07, 6.45) is 7.62. The largest absolute Gasteiger partial charge is 0.496 e. The third kappa shape index (κ3) is 5.01. The number of fused-ring (bicyclic) bond motifs is 2. The van der Waals surface area contributed by atoms with E-state index in [1.165, 1.54) is 42.2 Å². The van der Waals surface area contributed by atoms with Crippen molar-refractivity contribution in [3.8, 4) is 16.5 Å². The van der Waals surface area contributed by atoms with Gasteiger partial charge in [0, 0.05) is 5.56 Å². The number of nitrogens with zero attached hydrogens (tertiary/aromatic N) is 3. The molecule has 11 nitrogen and oxygen atoms in total. The molecule has 4 aromatic rings. The first-order chi connectivity index (χ1) is 21.9. The van der Waals surface area contributed by atoms with Crippen molar-refractivity contribution in [3.05, 3.63) is 68.7 Å². The van der Waals surface area contributed by atoms with Gasteiger partial charge in [-0.15, -0.1) is 11.3 Å². The summed E-state index contributed by atoms with van der Waals surface area (Å²) in [5, 5.41) is 21.6. The fourth-order valence-corrected chi connectivity index (χ4v) is 9.14. The molecule has 3 aliphatic carbocycles. The SMILES string of the molecule is COc1ccccc1C(Cn1c(=O)n(C(C)(C)C(=O)O)c(=O)c2c(C)c(-c3ncco3)sc21)O[C@@H]1C[C@@H]2CC(O)(C3CC3)C[C@@H]2C1. The van der Waals surface area contributed by atoms with Crippen LogP contribution < -0.4 is 16.0 Å². The number of oxazole rings is 1. The predicted octanol–water partition coefficient (Wildman–Crippen LogP) is 5.10. The zero-order valence-electron chi connectivity index (χ0n) is 26.4. The fourth-order valence-electron chi connectivity index (χ4n) is 7.89. The number of rotatable bonds is 10. The molecule has 0 amide bonds. The third-order valence-electron chi connectivity index (χ3n) is 10.5. The maximum atomic E-state index is 14.3. The molecule has 3 aliphatic rings. The zero-order chi connectivity index (χ0) is 32.5. The highest BCUT2D eigenvalue weighted by atomic mass is 32.1. The van der Waals surface area contributed by atoms with Gasteiger partial charge in [0.2, 0.25) is 5.89 Å². The second kappa shape index (κ2) is 11.2. The molecule has 2 unspecified atom stereocenters. The Balaban J connectivity index is 1.33. The van der Waals surface area contributed by atoms with Crippen LogP contribution in [0.25, 0.3) is 21.0 Å². The van der Waals surface area contributed by atoms with Crippen molar-refractivity contribution in [2.75, 3.05) is 7.11 Å². The average molecular weight is 650 g/mol. The van der Waals surface area contributed by atoms with Gasteiger partial charge in [-0.1, -0.05) is 18.2 Å². The van der Waals surface area contributed by atoms with E-state index in [1.807, 2.05) is 24.3 Å². The molecule has 2 N–H and O–H groups in total. The molecule has 244 valence electrons. The van der Waals surface area contributed by atoms with Crippen molar-refractivity contribution < 1.29 is 28.9 Å². The van der Waals surface area contributed by atoms with Gasteiger partial charge in [-0.3, -0.25) is 9.36 Å². The van der Waals surface area contributed by atoms with Crippen LogP contribution in [0.15, 0.2) is 50.7 Å². The van der Waals surface area contributed by atoms with Crippen LogP contribution in [0.1, 0.15) is 69.6 Å². The van der Waals surface area contributed by atoms with Crippen LogP contribution in [0.5, 0.6) is 5.75 Å². The molecule has 3 heterocycles. The van der Waals surface area contributed by atoms with Crippen LogP contribution in [-0.2, 0) is 21.6 Å². The number of carbonyl (C=O) groups is 1. The van der Waals surface area contributed by atoms with Crippen molar-refractivity contribution in [1.29, 1.82) is 0 Å². The number of aryl methyl sites for hydroxylation is 1. The highest BCUT2D eigenvalue weighted by Gasteiger charge is 2.55. The highest BCUT2D eigenvalue weighted by molar-refractivity contribution is 7.22. The topological polar surface area (TPSA) is 146 Å². The summed E-state index contributed by atoms with van der Waals surface area (Å²) in [5.74, 6) is 0.784. The Hall–Kier alpha value is -3.74. The number of benzene rings is 1. The van der Waals surface area contributed by atoms with E-state index in [0.29, 0.717) is 44.7 Å². The van der Waals surface area contributed by atoms with E-state index in [9.17, 15) is 24.6 Å². The molecule has 0 bridgehead atoms. The first-order valence-corrected chi connectivity index (χ1v) is 16.7. The molecule has 12 heteroatoms. The van der Waals surface area contributed by atoms with E-state index >= 15 is 0 Å². The maximum absolute atomic E-state index is 14.3. The Morgan fingerprint density at radius 3 is 2.50 bits per heavy atom. The Morgan fingerprint density at radius 1 is 1.20 bits per heavy atom. The van der Waals surface area contributed by atoms with E-state index in [2.05, 4.69) is 4.98 Å². The molecule has 1 aromatic carbocycles. The monoisotopic (exact) mass is 649 g/mol. The number of carboxylic acid groups (broad SMARTS) is 1.